The van der Waals surface area contributed by atoms with Gasteiger partial charge in [-0.15, -0.1) is 0 Å². The Balaban J connectivity index is 2.53. The van der Waals surface area contributed by atoms with Gasteiger partial charge in [0.15, 0.2) is 0 Å². The highest BCUT2D eigenvalue weighted by atomic mass is 19.3. The lowest BCUT2D eigenvalue weighted by atomic mass is 10.2. The molecule has 0 aliphatic rings. The highest BCUT2D eigenvalue weighted by molar-refractivity contribution is 5.13. The third-order valence-corrected chi connectivity index (χ3v) is 2.14. The van der Waals surface area contributed by atoms with Crippen molar-refractivity contribution in [2.24, 2.45) is 0 Å². The maximum Gasteiger partial charge on any atom is 0.298 e. The van der Waals surface area contributed by atoms with Gasteiger partial charge in [-0.25, -0.2) is 8.78 Å². The smallest absolute Gasteiger partial charge is 0.298 e. The van der Waals surface area contributed by atoms with E-state index < -0.39 is 25.2 Å². The fourth-order valence-corrected chi connectivity index (χ4v) is 1.18. The fourth-order valence-electron chi connectivity index (χ4n) is 1.18. The van der Waals surface area contributed by atoms with Gasteiger partial charge in [0.05, 0.1) is 13.2 Å². The summed E-state index contributed by atoms with van der Waals surface area (Å²) in [6.07, 6.45) is -1.68. The SMILES string of the molecule is OC[C@@H](OCc1ccccc1)C(F)(F)CO. The van der Waals surface area contributed by atoms with Crippen LogP contribution in [0.25, 0.3) is 0 Å². The monoisotopic (exact) mass is 232 g/mol. The van der Waals surface area contributed by atoms with Crippen molar-refractivity contribution in [3.8, 4) is 0 Å². The van der Waals surface area contributed by atoms with Gasteiger partial charge in [-0.2, -0.15) is 0 Å². The first kappa shape index (κ1) is 13.0. The molecule has 0 radical (unpaired) electrons. The van der Waals surface area contributed by atoms with Crippen molar-refractivity contribution in [3.05, 3.63) is 35.9 Å². The first-order valence-corrected chi connectivity index (χ1v) is 4.85. The summed E-state index contributed by atoms with van der Waals surface area (Å²) in [5.41, 5.74) is 0.731. The van der Waals surface area contributed by atoms with Crippen LogP contribution in [0.5, 0.6) is 0 Å². The van der Waals surface area contributed by atoms with E-state index in [1.54, 1.807) is 30.3 Å². The number of halogens is 2. The first-order valence-electron chi connectivity index (χ1n) is 4.85. The van der Waals surface area contributed by atoms with Crippen molar-refractivity contribution in [3.63, 3.8) is 0 Å². The molecule has 3 nitrogen and oxygen atoms in total. The maximum absolute atomic E-state index is 13.0. The molecule has 2 N–H and O–H groups in total. The largest absolute Gasteiger partial charge is 0.393 e. The van der Waals surface area contributed by atoms with E-state index in [9.17, 15) is 8.78 Å². The number of ether oxygens (including phenoxy) is 1. The molecule has 5 heteroatoms. The van der Waals surface area contributed by atoms with Crippen LogP contribution < -0.4 is 0 Å². The van der Waals surface area contributed by atoms with Gasteiger partial charge >= 0.3 is 0 Å². The van der Waals surface area contributed by atoms with Crippen LogP contribution in [0.3, 0.4) is 0 Å². The van der Waals surface area contributed by atoms with Crippen molar-refractivity contribution in [1.82, 2.24) is 0 Å². The van der Waals surface area contributed by atoms with Gasteiger partial charge < -0.3 is 14.9 Å². The predicted molar refractivity (Wildman–Crippen MR) is 54.1 cm³/mol. The van der Waals surface area contributed by atoms with Crippen LogP contribution in [0.2, 0.25) is 0 Å². The van der Waals surface area contributed by atoms with Crippen molar-refractivity contribution in [2.45, 2.75) is 18.6 Å². The van der Waals surface area contributed by atoms with Crippen LogP contribution in [0.1, 0.15) is 5.56 Å². The van der Waals surface area contributed by atoms with Crippen LogP contribution in [0, 0.1) is 0 Å². The first-order chi connectivity index (χ1) is 7.60. The Morgan fingerprint density at radius 3 is 2.31 bits per heavy atom. The van der Waals surface area contributed by atoms with E-state index in [4.69, 9.17) is 14.9 Å². The van der Waals surface area contributed by atoms with E-state index in [1.165, 1.54) is 0 Å². The molecule has 90 valence electrons. The number of rotatable bonds is 6. The van der Waals surface area contributed by atoms with E-state index in [-0.39, 0.29) is 6.61 Å². The predicted octanol–water partition coefficient (Wildman–Crippen LogP) is 1.19. The lowest BCUT2D eigenvalue weighted by molar-refractivity contribution is -0.176. The van der Waals surface area contributed by atoms with E-state index in [2.05, 4.69) is 0 Å². The second-order valence-electron chi connectivity index (χ2n) is 3.39. The molecule has 0 aliphatic carbocycles. The van der Waals surface area contributed by atoms with Crippen molar-refractivity contribution in [1.29, 1.82) is 0 Å². The summed E-state index contributed by atoms with van der Waals surface area (Å²) in [6.45, 7) is -2.20. The van der Waals surface area contributed by atoms with Crippen molar-refractivity contribution in [2.75, 3.05) is 13.2 Å². The summed E-state index contributed by atoms with van der Waals surface area (Å²) in [7, 11) is 0. The Bertz CT molecular complexity index is 303. The molecule has 0 aliphatic heterocycles. The summed E-state index contributed by atoms with van der Waals surface area (Å²) in [5, 5.41) is 17.2. The zero-order valence-corrected chi connectivity index (χ0v) is 8.64. The number of benzene rings is 1. The molecule has 1 atom stereocenters. The zero-order valence-electron chi connectivity index (χ0n) is 8.64. The molecule has 1 rings (SSSR count). The summed E-state index contributed by atoms with van der Waals surface area (Å²) < 4.78 is 30.8. The summed E-state index contributed by atoms with van der Waals surface area (Å²) in [5.74, 6) is -3.43. The van der Waals surface area contributed by atoms with Crippen molar-refractivity contribution < 1.29 is 23.7 Å². The Morgan fingerprint density at radius 2 is 1.81 bits per heavy atom. The molecule has 0 heterocycles. The topological polar surface area (TPSA) is 49.7 Å². The second-order valence-corrected chi connectivity index (χ2v) is 3.39. The average Bonchev–Trinajstić information content (AvgIpc) is 2.31. The number of aliphatic hydroxyl groups excluding tert-OH is 2. The molecule has 0 bridgehead atoms. The number of hydrogen-bond acceptors (Lipinski definition) is 3. The normalized spacial score (nSPS) is 13.8. The Hall–Kier alpha value is -1.04. The van der Waals surface area contributed by atoms with E-state index >= 15 is 0 Å². The van der Waals surface area contributed by atoms with Crippen LogP contribution in [0.15, 0.2) is 30.3 Å². The molecule has 0 spiro atoms. The Kier molecular flexibility index (Phi) is 4.79. The average molecular weight is 232 g/mol. The zero-order chi connectivity index (χ0) is 12.0. The standard InChI is InChI=1S/C11H14F2O3/c12-11(13,8-15)10(6-14)16-7-9-4-2-1-3-5-9/h1-5,10,14-15H,6-8H2/t10-/m1/s1. The molecule has 1 aromatic carbocycles. The van der Waals surface area contributed by atoms with Gasteiger partial charge in [-0.1, -0.05) is 30.3 Å². The van der Waals surface area contributed by atoms with E-state index in [0.717, 1.165) is 5.56 Å². The summed E-state index contributed by atoms with van der Waals surface area (Å²) in [6, 6.07) is 8.78. The molecule has 0 saturated heterocycles. The molecule has 16 heavy (non-hydrogen) atoms. The summed E-state index contributed by atoms with van der Waals surface area (Å²) in [4.78, 5) is 0. The van der Waals surface area contributed by atoms with Gasteiger partial charge in [0.2, 0.25) is 0 Å². The highest BCUT2D eigenvalue weighted by Gasteiger charge is 2.39. The summed E-state index contributed by atoms with van der Waals surface area (Å²) >= 11 is 0. The quantitative estimate of drug-likeness (QED) is 0.774. The molecule has 0 saturated carbocycles. The number of aliphatic hydroxyl groups is 2. The Labute approximate surface area is 92.3 Å². The van der Waals surface area contributed by atoms with Crippen molar-refractivity contribution >= 4 is 0 Å². The third-order valence-electron chi connectivity index (χ3n) is 2.14. The minimum atomic E-state index is -3.43. The molecular formula is C11H14F2O3. The van der Waals surface area contributed by atoms with Crippen LogP contribution >= 0.6 is 0 Å². The van der Waals surface area contributed by atoms with Gasteiger partial charge in [0.25, 0.3) is 5.92 Å². The van der Waals surface area contributed by atoms with Crippen LogP contribution in [0.4, 0.5) is 8.78 Å². The third kappa shape index (κ3) is 3.52. The minimum absolute atomic E-state index is 0.0261. The van der Waals surface area contributed by atoms with Gasteiger partial charge in [-0.3, -0.25) is 0 Å². The van der Waals surface area contributed by atoms with Crippen LogP contribution in [-0.4, -0.2) is 35.5 Å². The van der Waals surface area contributed by atoms with Gasteiger partial charge in [-0.05, 0) is 5.56 Å². The van der Waals surface area contributed by atoms with E-state index in [1.807, 2.05) is 0 Å². The minimum Gasteiger partial charge on any atom is -0.393 e. The maximum atomic E-state index is 13.0. The number of alkyl halides is 2. The fraction of sp³-hybridized carbons (Fsp3) is 0.455. The van der Waals surface area contributed by atoms with Gasteiger partial charge in [0, 0.05) is 0 Å². The molecular weight excluding hydrogens is 218 g/mol. The lowest BCUT2D eigenvalue weighted by Gasteiger charge is -2.23. The Morgan fingerprint density at radius 1 is 1.19 bits per heavy atom. The highest BCUT2D eigenvalue weighted by Crippen LogP contribution is 2.21. The van der Waals surface area contributed by atoms with E-state index in [0.29, 0.717) is 0 Å². The van der Waals surface area contributed by atoms with Crippen LogP contribution in [-0.2, 0) is 11.3 Å². The van der Waals surface area contributed by atoms with Gasteiger partial charge in [0.1, 0.15) is 12.7 Å². The molecule has 1 aromatic rings. The molecule has 0 amide bonds. The lowest BCUT2D eigenvalue weighted by Crippen LogP contribution is -2.41. The second kappa shape index (κ2) is 5.89. The molecule has 0 unspecified atom stereocenters. The number of hydrogen-bond donors (Lipinski definition) is 2. The molecule has 0 aromatic heterocycles. The molecule has 0 fully saturated rings.